The van der Waals surface area contributed by atoms with Crippen molar-refractivity contribution in [1.29, 1.82) is 0 Å². The minimum atomic E-state index is 0.224. The second-order valence-corrected chi connectivity index (χ2v) is 6.75. The number of hydrogen-bond donors (Lipinski definition) is 1. The van der Waals surface area contributed by atoms with Crippen molar-refractivity contribution in [3.63, 3.8) is 0 Å². The number of rotatable bonds is 8. The Labute approximate surface area is 120 Å². The summed E-state index contributed by atoms with van der Waals surface area (Å²) in [4.78, 5) is 3.87. The zero-order valence-electron chi connectivity index (χ0n) is 12.0. The van der Waals surface area contributed by atoms with Gasteiger partial charge in [-0.3, -0.25) is 4.90 Å². The zero-order valence-corrected chi connectivity index (χ0v) is 13.6. The van der Waals surface area contributed by atoms with Crippen LogP contribution in [0.3, 0.4) is 0 Å². The van der Waals surface area contributed by atoms with E-state index in [1.54, 1.807) is 0 Å². The Balaban J connectivity index is 2.75. The molecule has 1 heterocycles. The van der Waals surface area contributed by atoms with E-state index in [4.69, 9.17) is 5.73 Å². The predicted octanol–water partition coefficient (Wildman–Crippen LogP) is 3.52. The van der Waals surface area contributed by atoms with Crippen molar-refractivity contribution in [2.45, 2.75) is 38.8 Å². The van der Waals surface area contributed by atoms with Crippen LogP contribution in [0.5, 0.6) is 0 Å². The Hall–Kier alpha value is -0.0300. The topological polar surface area (TPSA) is 29.3 Å². The first-order valence-corrected chi connectivity index (χ1v) is 8.87. The van der Waals surface area contributed by atoms with Gasteiger partial charge >= 0.3 is 0 Å². The molecule has 2 atom stereocenters. The molecule has 0 aromatic carbocycles. The Bertz CT molecular complexity index is 338. The Morgan fingerprint density at radius 1 is 1.50 bits per heavy atom. The molecule has 0 aliphatic carbocycles. The van der Waals surface area contributed by atoms with Crippen molar-refractivity contribution in [2.75, 3.05) is 25.6 Å². The second kappa shape index (κ2) is 8.20. The predicted molar refractivity (Wildman–Crippen MR) is 85.7 cm³/mol. The molecule has 1 rings (SSSR count). The maximum Gasteiger partial charge on any atom is 0.0593 e. The summed E-state index contributed by atoms with van der Waals surface area (Å²) in [5, 5.41) is 2.18. The highest BCUT2D eigenvalue weighted by Crippen LogP contribution is 2.31. The third kappa shape index (κ3) is 4.26. The lowest BCUT2D eigenvalue weighted by atomic mass is 10.0. The number of aryl methyl sites for hydroxylation is 1. The van der Waals surface area contributed by atoms with Crippen LogP contribution in [0.25, 0.3) is 0 Å². The molecule has 1 aromatic rings. The standard InChI is InChI=1S/C14H26N2S2/c1-5-12(15)13(14-11(2)7-10-18-14)16(3)8-6-9-17-4/h7,10,12-13H,5-6,8-9,15H2,1-4H3. The highest BCUT2D eigenvalue weighted by atomic mass is 32.2. The first kappa shape index (κ1) is 16.0. The minimum Gasteiger partial charge on any atom is -0.326 e. The SMILES string of the molecule is CCC(N)C(c1sccc1C)N(C)CCCSC. The van der Waals surface area contributed by atoms with Crippen LogP contribution >= 0.6 is 23.1 Å². The molecule has 0 saturated heterocycles. The third-order valence-electron chi connectivity index (χ3n) is 3.38. The number of nitrogens with two attached hydrogens (primary N) is 1. The van der Waals surface area contributed by atoms with E-state index in [0.29, 0.717) is 6.04 Å². The summed E-state index contributed by atoms with van der Waals surface area (Å²) in [5.41, 5.74) is 7.72. The highest BCUT2D eigenvalue weighted by Gasteiger charge is 2.25. The van der Waals surface area contributed by atoms with Crippen LogP contribution in [-0.2, 0) is 0 Å². The van der Waals surface area contributed by atoms with Crippen LogP contribution in [0.1, 0.15) is 36.2 Å². The molecule has 0 aliphatic heterocycles. The smallest absolute Gasteiger partial charge is 0.0593 e. The van der Waals surface area contributed by atoms with Crippen molar-refractivity contribution in [3.8, 4) is 0 Å². The summed E-state index contributed by atoms with van der Waals surface area (Å²) in [6.45, 7) is 5.49. The van der Waals surface area contributed by atoms with Gasteiger partial charge in [-0.1, -0.05) is 6.92 Å². The summed E-state index contributed by atoms with van der Waals surface area (Å²) >= 11 is 3.76. The van der Waals surface area contributed by atoms with E-state index in [1.165, 1.54) is 22.6 Å². The monoisotopic (exact) mass is 286 g/mol. The number of thiophene rings is 1. The van der Waals surface area contributed by atoms with E-state index in [1.807, 2.05) is 23.1 Å². The lowest BCUT2D eigenvalue weighted by Crippen LogP contribution is -2.39. The molecular weight excluding hydrogens is 260 g/mol. The normalized spacial score (nSPS) is 15.0. The minimum absolute atomic E-state index is 0.224. The third-order valence-corrected chi connectivity index (χ3v) is 5.17. The quantitative estimate of drug-likeness (QED) is 0.741. The van der Waals surface area contributed by atoms with Gasteiger partial charge in [0.1, 0.15) is 0 Å². The largest absolute Gasteiger partial charge is 0.326 e. The van der Waals surface area contributed by atoms with E-state index >= 15 is 0 Å². The van der Waals surface area contributed by atoms with Crippen LogP contribution in [-0.4, -0.2) is 36.5 Å². The molecule has 0 amide bonds. The molecule has 0 bridgehead atoms. The van der Waals surface area contributed by atoms with Gasteiger partial charge in [0.15, 0.2) is 0 Å². The van der Waals surface area contributed by atoms with Gasteiger partial charge in [0.2, 0.25) is 0 Å². The molecule has 18 heavy (non-hydrogen) atoms. The van der Waals surface area contributed by atoms with Crippen LogP contribution in [0, 0.1) is 6.92 Å². The number of thioether (sulfide) groups is 1. The van der Waals surface area contributed by atoms with Crippen molar-refractivity contribution >= 4 is 23.1 Å². The molecule has 4 heteroatoms. The lowest BCUT2D eigenvalue weighted by molar-refractivity contribution is 0.213. The fourth-order valence-electron chi connectivity index (χ4n) is 2.23. The van der Waals surface area contributed by atoms with Gasteiger partial charge in [0.05, 0.1) is 6.04 Å². The number of likely N-dealkylation sites (N-methyl/N-ethyl adjacent to an activating group) is 1. The average molecular weight is 287 g/mol. The second-order valence-electron chi connectivity index (χ2n) is 4.81. The van der Waals surface area contributed by atoms with Gasteiger partial charge in [-0.25, -0.2) is 0 Å². The zero-order chi connectivity index (χ0) is 13.5. The first-order chi connectivity index (χ1) is 8.61. The van der Waals surface area contributed by atoms with E-state index < -0.39 is 0 Å². The van der Waals surface area contributed by atoms with Gasteiger partial charge in [-0.2, -0.15) is 11.8 Å². The van der Waals surface area contributed by atoms with E-state index in [0.717, 1.165) is 13.0 Å². The maximum absolute atomic E-state index is 6.34. The summed E-state index contributed by atoms with van der Waals surface area (Å²) in [6.07, 6.45) is 4.42. The fourth-order valence-corrected chi connectivity index (χ4v) is 3.81. The molecule has 2 N–H and O–H groups in total. The fraction of sp³-hybridized carbons (Fsp3) is 0.714. The average Bonchev–Trinajstić information content (AvgIpc) is 2.76. The van der Waals surface area contributed by atoms with Crippen LogP contribution in [0.15, 0.2) is 11.4 Å². The van der Waals surface area contributed by atoms with E-state index in [9.17, 15) is 0 Å². The molecule has 2 nitrogen and oxygen atoms in total. The summed E-state index contributed by atoms with van der Waals surface area (Å²) in [7, 11) is 2.21. The molecule has 104 valence electrons. The number of nitrogens with zero attached hydrogens (tertiary/aromatic N) is 1. The molecule has 2 unspecified atom stereocenters. The van der Waals surface area contributed by atoms with E-state index in [-0.39, 0.29) is 6.04 Å². The number of hydrogen-bond acceptors (Lipinski definition) is 4. The first-order valence-electron chi connectivity index (χ1n) is 6.60. The van der Waals surface area contributed by atoms with Gasteiger partial charge in [-0.15, -0.1) is 11.3 Å². The molecule has 0 saturated carbocycles. The lowest BCUT2D eigenvalue weighted by Gasteiger charge is -2.32. The molecule has 0 fully saturated rings. The van der Waals surface area contributed by atoms with Crippen molar-refractivity contribution in [2.24, 2.45) is 5.73 Å². The van der Waals surface area contributed by atoms with Crippen LogP contribution in [0.2, 0.25) is 0 Å². The Kier molecular flexibility index (Phi) is 7.30. The van der Waals surface area contributed by atoms with E-state index in [2.05, 4.69) is 43.5 Å². The van der Waals surface area contributed by atoms with Crippen LogP contribution < -0.4 is 5.73 Å². The van der Waals surface area contributed by atoms with Gasteiger partial charge < -0.3 is 5.73 Å². The molecule has 0 radical (unpaired) electrons. The van der Waals surface area contributed by atoms with Gasteiger partial charge in [-0.05, 0) is 62.4 Å². The Morgan fingerprint density at radius 3 is 2.72 bits per heavy atom. The molecular formula is C14H26N2S2. The van der Waals surface area contributed by atoms with Crippen molar-refractivity contribution in [3.05, 3.63) is 21.9 Å². The molecule has 0 aliphatic rings. The molecule has 1 aromatic heterocycles. The van der Waals surface area contributed by atoms with Gasteiger partial charge in [0.25, 0.3) is 0 Å². The van der Waals surface area contributed by atoms with Gasteiger partial charge in [0, 0.05) is 10.9 Å². The van der Waals surface area contributed by atoms with Crippen molar-refractivity contribution in [1.82, 2.24) is 4.90 Å². The summed E-state index contributed by atoms with van der Waals surface area (Å²) < 4.78 is 0. The summed E-state index contributed by atoms with van der Waals surface area (Å²) in [6, 6.07) is 2.80. The van der Waals surface area contributed by atoms with Crippen LogP contribution in [0.4, 0.5) is 0 Å². The Morgan fingerprint density at radius 2 is 2.22 bits per heavy atom. The highest BCUT2D eigenvalue weighted by molar-refractivity contribution is 7.98. The maximum atomic E-state index is 6.34. The van der Waals surface area contributed by atoms with Crippen molar-refractivity contribution < 1.29 is 0 Å². The summed E-state index contributed by atoms with van der Waals surface area (Å²) in [5.74, 6) is 1.22. The molecule has 0 spiro atoms.